The summed E-state index contributed by atoms with van der Waals surface area (Å²) in [4.78, 5) is 2.52. The van der Waals surface area contributed by atoms with Gasteiger partial charge in [0.05, 0.1) is 0 Å². The van der Waals surface area contributed by atoms with Crippen molar-refractivity contribution in [2.24, 2.45) is 0 Å². The quantitative estimate of drug-likeness (QED) is 0.726. The summed E-state index contributed by atoms with van der Waals surface area (Å²) in [5.41, 5.74) is 1.40. The molecule has 1 nitrogen and oxygen atoms in total. The molecule has 1 atom stereocenters. The van der Waals surface area contributed by atoms with E-state index in [-0.39, 0.29) is 0 Å². The lowest BCUT2D eigenvalue weighted by Gasteiger charge is -2.34. The average Bonchev–Trinajstić information content (AvgIpc) is 2.43. The molecule has 1 aromatic rings. The zero-order valence-electron chi connectivity index (χ0n) is 11.0. The minimum Gasteiger partial charge on any atom is -0.295 e. The molecule has 2 heteroatoms. The summed E-state index contributed by atoms with van der Waals surface area (Å²) >= 11 is 6.00. The fourth-order valence-corrected chi connectivity index (χ4v) is 2.61. The Balaban J connectivity index is 0.000000686. The van der Waals surface area contributed by atoms with Gasteiger partial charge in [0.15, 0.2) is 0 Å². The lowest BCUT2D eigenvalue weighted by Crippen LogP contribution is -2.40. The highest BCUT2D eigenvalue weighted by atomic mass is 35.5. The Morgan fingerprint density at radius 1 is 1.18 bits per heavy atom. The average molecular weight is 254 g/mol. The molecule has 17 heavy (non-hydrogen) atoms. The SMILES string of the molecule is CC.ClCC1CCCCN1Cc1ccccc1. The van der Waals surface area contributed by atoms with E-state index in [0.717, 1.165) is 12.4 Å². The Morgan fingerprint density at radius 2 is 1.88 bits per heavy atom. The first kappa shape index (κ1) is 14.5. The molecule has 0 amide bonds. The van der Waals surface area contributed by atoms with E-state index >= 15 is 0 Å². The third-order valence-electron chi connectivity index (χ3n) is 3.16. The molecule has 0 N–H and O–H groups in total. The fourth-order valence-electron chi connectivity index (χ4n) is 2.26. The molecule has 0 aliphatic carbocycles. The van der Waals surface area contributed by atoms with E-state index in [1.807, 2.05) is 13.8 Å². The largest absolute Gasteiger partial charge is 0.295 e. The van der Waals surface area contributed by atoms with Crippen LogP contribution in [0.4, 0.5) is 0 Å². The van der Waals surface area contributed by atoms with Gasteiger partial charge in [-0.15, -0.1) is 11.6 Å². The van der Waals surface area contributed by atoms with Crippen molar-refractivity contribution in [2.45, 2.75) is 45.7 Å². The second kappa shape index (κ2) is 8.54. The van der Waals surface area contributed by atoms with Crippen molar-refractivity contribution in [3.63, 3.8) is 0 Å². The van der Waals surface area contributed by atoms with E-state index in [1.54, 1.807) is 0 Å². The third kappa shape index (κ3) is 4.69. The van der Waals surface area contributed by atoms with Gasteiger partial charge >= 0.3 is 0 Å². The first-order valence-corrected chi connectivity index (χ1v) is 7.27. The number of halogens is 1. The van der Waals surface area contributed by atoms with Crippen molar-refractivity contribution in [1.29, 1.82) is 0 Å². The summed E-state index contributed by atoms with van der Waals surface area (Å²) in [6.45, 7) is 6.25. The molecule has 1 heterocycles. The minimum atomic E-state index is 0.584. The van der Waals surface area contributed by atoms with E-state index in [0.29, 0.717) is 6.04 Å². The third-order valence-corrected chi connectivity index (χ3v) is 3.51. The lowest BCUT2D eigenvalue weighted by atomic mass is 10.0. The summed E-state index contributed by atoms with van der Waals surface area (Å²) < 4.78 is 0. The highest BCUT2D eigenvalue weighted by Gasteiger charge is 2.21. The van der Waals surface area contributed by atoms with Crippen LogP contribution in [0.2, 0.25) is 0 Å². The molecule has 1 aromatic carbocycles. The standard InChI is InChI=1S/C13H18ClN.C2H6/c14-10-13-8-4-5-9-15(13)11-12-6-2-1-3-7-12;1-2/h1-3,6-7,13H,4-5,8-11H2;1-2H3. The number of nitrogens with zero attached hydrogens (tertiary/aromatic N) is 1. The molecule has 1 fully saturated rings. The zero-order chi connectivity index (χ0) is 12.5. The maximum Gasteiger partial charge on any atom is 0.0379 e. The summed E-state index contributed by atoms with van der Waals surface area (Å²) in [5.74, 6) is 0.771. The van der Waals surface area contributed by atoms with Gasteiger partial charge < -0.3 is 0 Å². The molecule has 0 saturated carbocycles. The summed E-state index contributed by atoms with van der Waals surface area (Å²) in [7, 11) is 0. The highest BCUT2D eigenvalue weighted by molar-refractivity contribution is 6.18. The predicted octanol–water partition coefficient (Wildman–Crippen LogP) is 4.31. The zero-order valence-corrected chi connectivity index (χ0v) is 11.8. The molecule has 0 aromatic heterocycles. The van der Waals surface area contributed by atoms with Gasteiger partial charge in [-0.2, -0.15) is 0 Å². The number of rotatable bonds is 3. The van der Waals surface area contributed by atoms with Crippen molar-refractivity contribution in [3.8, 4) is 0 Å². The van der Waals surface area contributed by atoms with Gasteiger partial charge in [-0.1, -0.05) is 50.6 Å². The summed E-state index contributed by atoms with van der Waals surface area (Å²) in [6.07, 6.45) is 3.92. The second-order valence-corrected chi connectivity index (χ2v) is 4.57. The van der Waals surface area contributed by atoms with Gasteiger partial charge in [-0.05, 0) is 24.9 Å². The van der Waals surface area contributed by atoms with Gasteiger partial charge in [0.25, 0.3) is 0 Å². The second-order valence-electron chi connectivity index (χ2n) is 4.26. The Hall–Kier alpha value is -0.530. The molecular formula is C15H24ClN. The van der Waals surface area contributed by atoms with Crippen LogP contribution >= 0.6 is 11.6 Å². The first-order chi connectivity index (χ1) is 8.40. The molecule has 1 saturated heterocycles. The van der Waals surface area contributed by atoms with Gasteiger partial charge in [0.2, 0.25) is 0 Å². The lowest BCUT2D eigenvalue weighted by molar-refractivity contribution is 0.155. The van der Waals surface area contributed by atoms with E-state index in [9.17, 15) is 0 Å². The molecule has 0 bridgehead atoms. The Bertz CT molecular complexity index is 286. The van der Waals surface area contributed by atoms with E-state index in [1.165, 1.54) is 31.4 Å². The smallest absolute Gasteiger partial charge is 0.0379 e. The van der Waals surface area contributed by atoms with Gasteiger partial charge in [-0.3, -0.25) is 4.90 Å². The number of likely N-dealkylation sites (tertiary alicyclic amines) is 1. The summed E-state index contributed by atoms with van der Waals surface area (Å²) in [6, 6.07) is 11.3. The summed E-state index contributed by atoms with van der Waals surface area (Å²) in [5, 5.41) is 0. The van der Waals surface area contributed by atoms with Crippen LogP contribution in [0, 0.1) is 0 Å². The minimum absolute atomic E-state index is 0.584. The van der Waals surface area contributed by atoms with Crippen molar-refractivity contribution in [1.82, 2.24) is 4.90 Å². The topological polar surface area (TPSA) is 3.24 Å². The first-order valence-electron chi connectivity index (χ1n) is 6.74. The Labute approximate surface area is 111 Å². The van der Waals surface area contributed by atoms with Crippen LogP contribution in [-0.2, 0) is 6.54 Å². The van der Waals surface area contributed by atoms with Gasteiger partial charge in [0.1, 0.15) is 0 Å². The van der Waals surface area contributed by atoms with Crippen molar-refractivity contribution < 1.29 is 0 Å². The predicted molar refractivity (Wildman–Crippen MR) is 76.6 cm³/mol. The molecule has 2 rings (SSSR count). The van der Waals surface area contributed by atoms with Crippen LogP contribution in [0.15, 0.2) is 30.3 Å². The highest BCUT2D eigenvalue weighted by Crippen LogP contribution is 2.20. The van der Waals surface area contributed by atoms with Crippen LogP contribution in [0.5, 0.6) is 0 Å². The van der Waals surface area contributed by atoms with Gasteiger partial charge in [0, 0.05) is 18.5 Å². The van der Waals surface area contributed by atoms with Crippen LogP contribution in [0.3, 0.4) is 0 Å². The van der Waals surface area contributed by atoms with Crippen LogP contribution in [-0.4, -0.2) is 23.4 Å². The van der Waals surface area contributed by atoms with Crippen molar-refractivity contribution in [3.05, 3.63) is 35.9 Å². The number of hydrogen-bond donors (Lipinski definition) is 0. The number of hydrogen-bond acceptors (Lipinski definition) is 1. The van der Waals surface area contributed by atoms with E-state index in [2.05, 4.69) is 35.2 Å². The molecule has 1 unspecified atom stereocenters. The van der Waals surface area contributed by atoms with Crippen LogP contribution in [0.25, 0.3) is 0 Å². The van der Waals surface area contributed by atoms with Crippen molar-refractivity contribution in [2.75, 3.05) is 12.4 Å². The Morgan fingerprint density at radius 3 is 2.53 bits per heavy atom. The van der Waals surface area contributed by atoms with Crippen LogP contribution in [0.1, 0.15) is 38.7 Å². The number of benzene rings is 1. The van der Waals surface area contributed by atoms with Crippen molar-refractivity contribution >= 4 is 11.6 Å². The molecule has 0 spiro atoms. The monoisotopic (exact) mass is 253 g/mol. The normalized spacial score (nSPS) is 20.5. The maximum absolute atomic E-state index is 6.00. The maximum atomic E-state index is 6.00. The van der Waals surface area contributed by atoms with E-state index < -0.39 is 0 Å². The number of alkyl halides is 1. The molecule has 0 radical (unpaired) electrons. The van der Waals surface area contributed by atoms with Gasteiger partial charge in [-0.25, -0.2) is 0 Å². The Kier molecular flexibility index (Phi) is 7.30. The van der Waals surface area contributed by atoms with E-state index in [4.69, 9.17) is 11.6 Å². The molecule has 1 aliphatic rings. The molecule has 1 aliphatic heterocycles. The fraction of sp³-hybridized carbons (Fsp3) is 0.600. The van der Waals surface area contributed by atoms with Crippen LogP contribution < -0.4 is 0 Å². The molecular weight excluding hydrogens is 230 g/mol. The number of piperidine rings is 1. The molecule has 96 valence electrons.